The van der Waals surface area contributed by atoms with E-state index in [1.807, 2.05) is 0 Å². The molecule has 2 heterocycles. The van der Waals surface area contributed by atoms with Gasteiger partial charge in [0.25, 0.3) is 5.91 Å². The summed E-state index contributed by atoms with van der Waals surface area (Å²) in [6.45, 7) is 0. The number of hydrogen-bond donors (Lipinski definition) is 3. The average molecular weight is 354 g/mol. The van der Waals surface area contributed by atoms with Gasteiger partial charge in [-0.2, -0.15) is 4.99 Å². The summed E-state index contributed by atoms with van der Waals surface area (Å²) in [5.41, 5.74) is 10.4. The lowest BCUT2D eigenvalue weighted by Crippen LogP contribution is -2.21. The molecule has 0 aliphatic rings. The molecule has 0 aliphatic heterocycles. The summed E-state index contributed by atoms with van der Waals surface area (Å²) in [5.74, 6) is -2.04. The highest BCUT2D eigenvalue weighted by Crippen LogP contribution is 2.30. The topological polar surface area (TPSA) is 119 Å². The molecule has 0 bridgehead atoms. The van der Waals surface area contributed by atoms with Crippen LogP contribution < -0.4 is 16.8 Å². The number of nitrogens with two attached hydrogens (primary N) is 2. The van der Waals surface area contributed by atoms with Crippen LogP contribution in [0.15, 0.2) is 22.5 Å². The van der Waals surface area contributed by atoms with Gasteiger partial charge >= 0.3 is 0 Å². The van der Waals surface area contributed by atoms with Gasteiger partial charge in [-0.25, -0.2) is 18.7 Å². The van der Waals surface area contributed by atoms with Crippen molar-refractivity contribution in [1.29, 1.82) is 0 Å². The Bertz CT molecular complexity index is 892. The van der Waals surface area contributed by atoms with Crippen LogP contribution >= 0.6 is 22.7 Å². The summed E-state index contributed by atoms with van der Waals surface area (Å²) in [7, 11) is 0. The number of amides is 1. The lowest BCUT2D eigenvalue weighted by molar-refractivity contribution is 0.102. The Morgan fingerprint density at radius 3 is 2.65 bits per heavy atom. The van der Waals surface area contributed by atoms with Crippen molar-refractivity contribution in [2.45, 2.75) is 0 Å². The number of fused-ring (bicyclic) bond motifs is 1. The number of hydrogen-bond acceptors (Lipinski definition) is 6. The minimum Gasteiger partial charge on any atom is -0.370 e. The van der Waals surface area contributed by atoms with Crippen LogP contribution in [0, 0.1) is 11.6 Å². The summed E-state index contributed by atoms with van der Waals surface area (Å²) in [4.78, 5) is 23.6. The van der Waals surface area contributed by atoms with E-state index < -0.39 is 17.5 Å². The van der Waals surface area contributed by atoms with Crippen molar-refractivity contribution in [3.05, 3.63) is 34.8 Å². The van der Waals surface area contributed by atoms with Gasteiger partial charge in [0.05, 0.1) is 4.70 Å². The number of carbonyl (C=O) groups is 1. The maximum absolute atomic E-state index is 13.6. The lowest BCUT2D eigenvalue weighted by Gasteiger charge is -1.96. The Hall–Kier alpha value is -2.66. The van der Waals surface area contributed by atoms with Gasteiger partial charge < -0.3 is 11.5 Å². The van der Waals surface area contributed by atoms with Gasteiger partial charge in [-0.3, -0.25) is 10.1 Å². The fourth-order valence-electron chi connectivity index (χ4n) is 1.69. The second-order valence-corrected chi connectivity index (χ2v) is 6.07. The Morgan fingerprint density at radius 2 is 1.96 bits per heavy atom. The van der Waals surface area contributed by atoms with Gasteiger partial charge in [-0.15, -0.1) is 11.3 Å². The number of aliphatic imine (C=N–C) groups is 1. The summed E-state index contributed by atoms with van der Waals surface area (Å²) >= 11 is 1.90. The number of aromatic nitrogens is 2. The smallest absolute Gasteiger partial charge is 0.276 e. The minimum atomic E-state index is -0.665. The van der Waals surface area contributed by atoms with Crippen LogP contribution in [-0.4, -0.2) is 21.8 Å². The normalized spacial score (nSPS) is 10.7. The van der Waals surface area contributed by atoms with Gasteiger partial charge in [-0.05, 0) is 12.1 Å². The summed E-state index contributed by atoms with van der Waals surface area (Å²) in [5, 5.41) is 4.17. The molecule has 1 amide bonds. The van der Waals surface area contributed by atoms with Crippen LogP contribution in [0.4, 0.5) is 19.0 Å². The maximum Gasteiger partial charge on any atom is 0.276 e. The number of benzene rings is 1. The van der Waals surface area contributed by atoms with E-state index in [1.165, 1.54) is 5.38 Å². The molecule has 118 valence electrons. The largest absolute Gasteiger partial charge is 0.370 e. The van der Waals surface area contributed by atoms with E-state index in [2.05, 4.69) is 20.3 Å². The Kier molecular flexibility index (Phi) is 3.88. The third-order valence-electron chi connectivity index (χ3n) is 2.62. The molecule has 23 heavy (non-hydrogen) atoms. The number of anilines is 1. The Balaban J connectivity index is 1.85. The van der Waals surface area contributed by atoms with E-state index in [4.69, 9.17) is 11.5 Å². The van der Waals surface area contributed by atoms with E-state index in [9.17, 15) is 13.6 Å². The van der Waals surface area contributed by atoms with Gasteiger partial charge in [0.1, 0.15) is 17.0 Å². The Labute approximate surface area is 135 Å². The predicted molar refractivity (Wildman–Crippen MR) is 85.1 cm³/mol. The molecule has 0 saturated heterocycles. The van der Waals surface area contributed by atoms with Crippen LogP contribution in [0.2, 0.25) is 0 Å². The molecule has 1 aromatic carbocycles. The maximum atomic E-state index is 13.6. The molecular weight excluding hydrogens is 346 g/mol. The van der Waals surface area contributed by atoms with Crippen molar-refractivity contribution in [3.8, 4) is 0 Å². The molecule has 0 radical (unpaired) electrons. The monoisotopic (exact) mass is 354 g/mol. The number of halogens is 2. The summed E-state index contributed by atoms with van der Waals surface area (Å²) in [6.07, 6.45) is 0. The lowest BCUT2D eigenvalue weighted by atomic mass is 10.3. The first kappa shape index (κ1) is 15.2. The highest BCUT2D eigenvalue weighted by Gasteiger charge is 2.16. The quantitative estimate of drug-likeness (QED) is 0.492. The van der Waals surface area contributed by atoms with Crippen molar-refractivity contribution >= 4 is 55.0 Å². The van der Waals surface area contributed by atoms with Crippen molar-refractivity contribution in [2.75, 3.05) is 5.32 Å². The molecule has 0 atom stereocenters. The van der Waals surface area contributed by atoms with E-state index in [-0.39, 0.29) is 32.1 Å². The SMILES string of the molecule is NC(N)=Nc1nc(C(=O)Nc2nc3c(F)ccc(F)c3s2)cs1. The molecule has 0 spiro atoms. The molecule has 0 saturated carbocycles. The van der Waals surface area contributed by atoms with Crippen LogP contribution in [0.25, 0.3) is 10.2 Å². The summed E-state index contributed by atoms with van der Waals surface area (Å²) < 4.78 is 27.2. The molecule has 7 nitrogen and oxygen atoms in total. The van der Waals surface area contributed by atoms with Crippen molar-refractivity contribution < 1.29 is 13.6 Å². The first-order valence-electron chi connectivity index (χ1n) is 6.05. The third-order valence-corrected chi connectivity index (χ3v) is 4.33. The second kappa shape index (κ2) is 5.85. The van der Waals surface area contributed by atoms with Crippen molar-refractivity contribution in [2.24, 2.45) is 16.5 Å². The molecule has 2 aromatic heterocycles. The zero-order valence-corrected chi connectivity index (χ0v) is 12.8. The van der Waals surface area contributed by atoms with Crippen LogP contribution in [0.1, 0.15) is 10.5 Å². The standard InChI is InChI=1S/C12H8F2N6OS2/c13-4-1-2-5(14)8-7(4)18-12(23-8)19-9(21)6-3-22-11(17-6)20-10(15)16/h1-3H,(H,18,19,21)(H4,15,16,17,20). The van der Waals surface area contributed by atoms with Crippen LogP contribution in [0.5, 0.6) is 0 Å². The highest BCUT2D eigenvalue weighted by molar-refractivity contribution is 7.22. The fraction of sp³-hybridized carbons (Fsp3) is 0. The minimum absolute atomic E-state index is 0.0276. The average Bonchev–Trinajstić information content (AvgIpc) is 3.10. The van der Waals surface area contributed by atoms with Crippen molar-refractivity contribution in [1.82, 2.24) is 9.97 Å². The zero-order chi connectivity index (χ0) is 16.6. The molecular formula is C12H8F2N6OS2. The third kappa shape index (κ3) is 3.10. The molecule has 11 heteroatoms. The molecule has 0 unspecified atom stereocenters. The van der Waals surface area contributed by atoms with E-state index in [0.717, 1.165) is 34.8 Å². The van der Waals surface area contributed by atoms with Crippen LogP contribution in [0.3, 0.4) is 0 Å². The van der Waals surface area contributed by atoms with E-state index >= 15 is 0 Å². The van der Waals surface area contributed by atoms with Gasteiger partial charge in [-0.1, -0.05) is 11.3 Å². The predicted octanol–water partition coefficient (Wildman–Crippen LogP) is 2.19. The zero-order valence-electron chi connectivity index (χ0n) is 11.2. The number of nitrogens with zero attached hydrogens (tertiary/aromatic N) is 3. The number of thiazole rings is 2. The molecule has 3 aromatic rings. The molecule has 5 N–H and O–H groups in total. The van der Waals surface area contributed by atoms with E-state index in [1.54, 1.807) is 0 Å². The Morgan fingerprint density at radius 1 is 1.22 bits per heavy atom. The number of guanidine groups is 1. The summed E-state index contributed by atoms with van der Waals surface area (Å²) in [6, 6.07) is 1.98. The molecule has 0 aliphatic carbocycles. The highest BCUT2D eigenvalue weighted by atomic mass is 32.1. The van der Waals surface area contributed by atoms with Crippen LogP contribution in [-0.2, 0) is 0 Å². The second-order valence-electron chi connectivity index (χ2n) is 4.23. The molecule has 0 fully saturated rings. The van der Waals surface area contributed by atoms with Gasteiger partial charge in [0.15, 0.2) is 16.9 Å². The van der Waals surface area contributed by atoms with Crippen molar-refractivity contribution in [3.63, 3.8) is 0 Å². The number of carbonyl (C=O) groups excluding carboxylic acids is 1. The molecule has 3 rings (SSSR count). The fourth-order valence-corrected chi connectivity index (χ4v) is 3.26. The van der Waals surface area contributed by atoms with E-state index in [0.29, 0.717) is 0 Å². The first-order chi connectivity index (χ1) is 10.9. The van der Waals surface area contributed by atoms with Gasteiger partial charge in [0, 0.05) is 5.38 Å². The first-order valence-corrected chi connectivity index (χ1v) is 7.74. The van der Waals surface area contributed by atoms with Gasteiger partial charge in [0.2, 0.25) is 5.13 Å². The number of nitrogens with one attached hydrogen (secondary N) is 1. The number of rotatable bonds is 3.